The Kier molecular flexibility index (Phi) is 4.21. The number of carbonyl (C=O) groups excluding carboxylic acids is 1. The Morgan fingerprint density at radius 3 is 2.22 bits per heavy atom. The molecule has 2 rings (SSSR count). The molecule has 3 unspecified atom stereocenters. The van der Waals surface area contributed by atoms with E-state index >= 15 is 0 Å². The lowest BCUT2D eigenvalue weighted by Crippen LogP contribution is -2.52. The lowest BCUT2D eigenvalue weighted by Gasteiger charge is -2.26. The molecule has 0 spiro atoms. The van der Waals surface area contributed by atoms with Crippen LogP contribution in [0.3, 0.4) is 0 Å². The molecule has 1 fully saturated rings. The van der Waals surface area contributed by atoms with E-state index in [1.807, 2.05) is 0 Å². The first-order valence-electron chi connectivity index (χ1n) is 6.65. The first-order valence-corrected chi connectivity index (χ1v) is 8.31. The molecule has 0 aliphatic carbocycles. The Bertz CT molecular complexity index is 711. The maximum atomic E-state index is 14.4. The predicted octanol–water partition coefficient (Wildman–Crippen LogP) is 2.60. The van der Waals surface area contributed by atoms with Gasteiger partial charge < -0.3 is 4.74 Å². The summed E-state index contributed by atoms with van der Waals surface area (Å²) < 4.78 is 82.2. The highest BCUT2D eigenvalue weighted by atomic mass is 32.2. The van der Waals surface area contributed by atoms with Gasteiger partial charge in [0.1, 0.15) is 6.10 Å². The molecular weight excluding hydrogens is 340 g/mol. The van der Waals surface area contributed by atoms with Gasteiger partial charge in [0.2, 0.25) is 0 Å². The lowest BCUT2D eigenvalue weighted by atomic mass is 9.89. The minimum atomic E-state index is -5.55. The molecule has 23 heavy (non-hydrogen) atoms. The minimum absolute atomic E-state index is 0.237. The largest absolute Gasteiger partial charge is 0.460 e. The van der Waals surface area contributed by atoms with Gasteiger partial charge in [-0.3, -0.25) is 0 Å². The molecule has 0 saturated carbocycles. The maximum absolute atomic E-state index is 14.4. The summed E-state index contributed by atoms with van der Waals surface area (Å²) in [6.07, 6.45) is -7.06. The lowest BCUT2D eigenvalue weighted by molar-refractivity contribution is -0.235. The summed E-state index contributed by atoms with van der Waals surface area (Å²) in [6, 6.07) is 5.39. The number of hydrogen-bond acceptors (Lipinski definition) is 4. The molecule has 0 aromatic heterocycles. The van der Waals surface area contributed by atoms with Crippen molar-refractivity contribution in [2.75, 3.05) is 5.75 Å². The molecule has 1 aromatic rings. The molecule has 0 radical (unpaired) electrons. The van der Waals surface area contributed by atoms with Gasteiger partial charge in [0, 0.05) is 0 Å². The zero-order valence-corrected chi connectivity index (χ0v) is 13.0. The van der Waals surface area contributed by atoms with Gasteiger partial charge in [-0.1, -0.05) is 17.7 Å². The fourth-order valence-electron chi connectivity index (χ4n) is 2.47. The zero-order valence-electron chi connectivity index (χ0n) is 12.2. The third-order valence-corrected chi connectivity index (χ3v) is 5.65. The molecule has 128 valence electrons. The van der Waals surface area contributed by atoms with Gasteiger partial charge in [-0.15, -0.1) is 0 Å². The molecule has 1 aliphatic rings. The van der Waals surface area contributed by atoms with Gasteiger partial charge in [-0.25, -0.2) is 17.6 Å². The van der Waals surface area contributed by atoms with Crippen LogP contribution in [0.1, 0.15) is 12.5 Å². The van der Waals surface area contributed by atoms with Crippen molar-refractivity contribution < 1.29 is 35.5 Å². The average molecular weight is 354 g/mol. The van der Waals surface area contributed by atoms with Crippen LogP contribution in [0.4, 0.5) is 17.6 Å². The highest BCUT2D eigenvalue weighted by Gasteiger charge is 2.73. The smallest absolute Gasteiger partial charge is 0.433 e. The van der Waals surface area contributed by atoms with Crippen molar-refractivity contribution in [1.82, 2.24) is 0 Å². The number of hydrogen-bond donors (Lipinski definition) is 0. The topological polar surface area (TPSA) is 60.4 Å². The predicted molar refractivity (Wildman–Crippen MR) is 72.2 cm³/mol. The number of rotatable bonds is 3. The fraction of sp³-hybridized carbons (Fsp3) is 0.500. The standard InChI is InChI=1S/C14H14F4O4S/c1-8-3-5-10(6-4-8)23(20,21)7-11-9(2)22-12(19)13(11,15)14(16,17)18/h3-6,9,11H,7H2,1-2H3. The van der Waals surface area contributed by atoms with Crippen molar-refractivity contribution in [2.24, 2.45) is 5.92 Å². The number of carbonyl (C=O) groups is 1. The summed E-state index contributed by atoms with van der Waals surface area (Å²) in [7, 11) is -4.22. The van der Waals surface area contributed by atoms with Crippen LogP contribution in [0.15, 0.2) is 29.2 Å². The van der Waals surface area contributed by atoms with Crippen LogP contribution < -0.4 is 0 Å². The molecule has 3 atom stereocenters. The summed E-state index contributed by atoms with van der Waals surface area (Å²) in [4.78, 5) is 11.1. The van der Waals surface area contributed by atoms with E-state index in [-0.39, 0.29) is 4.90 Å². The van der Waals surface area contributed by atoms with E-state index < -0.39 is 45.4 Å². The number of ether oxygens (including phenoxy) is 1. The molecule has 1 aromatic carbocycles. The number of aryl methyl sites for hydroxylation is 1. The van der Waals surface area contributed by atoms with E-state index in [1.54, 1.807) is 6.92 Å². The monoisotopic (exact) mass is 354 g/mol. The number of sulfone groups is 1. The number of cyclic esters (lactones) is 1. The van der Waals surface area contributed by atoms with Crippen LogP contribution in [0.5, 0.6) is 0 Å². The first kappa shape index (κ1) is 17.7. The highest BCUT2D eigenvalue weighted by molar-refractivity contribution is 7.91. The quantitative estimate of drug-likeness (QED) is 0.618. The number of benzene rings is 1. The van der Waals surface area contributed by atoms with Crippen molar-refractivity contribution in [3.8, 4) is 0 Å². The molecule has 0 bridgehead atoms. The summed E-state index contributed by atoms with van der Waals surface area (Å²) in [5.74, 6) is -5.44. The van der Waals surface area contributed by atoms with Crippen LogP contribution in [0.2, 0.25) is 0 Å². The van der Waals surface area contributed by atoms with E-state index in [4.69, 9.17) is 0 Å². The highest BCUT2D eigenvalue weighted by Crippen LogP contribution is 2.48. The normalized spacial score (nSPS) is 28.7. The third kappa shape index (κ3) is 2.93. The third-order valence-electron chi connectivity index (χ3n) is 3.86. The van der Waals surface area contributed by atoms with E-state index in [9.17, 15) is 30.8 Å². The second-order valence-corrected chi connectivity index (χ2v) is 7.56. The van der Waals surface area contributed by atoms with Crippen LogP contribution in [-0.2, 0) is 19.4 Å². The molecule has 0 amide bonds. The van der Waals surface area contributed by atoms with E-state index in [2.05, 4.69) is 4.74 Å². The maximum Gasteiger partial charge on any atom is 0.433 e. The minimum Gasteiger partial charge on any atom is -0.460 e. The molecule has 1 heterocycles. The molecular formula is C14H14F4O4S. The first-order chi connectivity index (χ1) is 10.4. The van der Waals surface area contributed by atoms with E-state index in [1.165, 1.54) is 24.3 Å². The van der Waals surface area contributed by atoms with Crippen molar-refractivity contribution >= 4 is 15.8 Å². The second-order valence-electron chi connectivity index (χ2n) is 5.52. The Morgan fingerprint density at radius 1 is 1.22 bits per heavy atom. The van der Waals surface area contributed by atoms with E-state index in [0.717, 1.165) is 12.5 Å². The molecule has 9 heteroatoms. The Hall–Kier alpha value is -1.64. The van der Waals surface area contributed by atoms with E-state index in [0.29, 0.717) is 0 Å². The van der Waals surface area contributed by atoms with Gasteiger partial charge in [0.05, 0.1) is 16.6 Å². The second kappa shape index (κ2) is 5.47. The summed E-state index contributed by atoms with van der Waals surface area (Å²) >= 11 is 0. The van der Waals surface area contributed by atoms with Crippen LogP contribution in [0.25, 0.3) is 0 Å². The molecule has 1 saturated heterocycles. The molecule has 1 aliphatic heterocycles. The van der Waals surface area contributed by atoms with Crippen molar-refractivity contribution in [2.45, 2.75) is 36.7 Å². The molecule has 4 nitrogen and oxygen atoms in total. The van der Waals surface area contributed by atoms with Gasteiger partial charge in [-0.2, -0.15) is 13.2 Å². The summed E-state index contributed by atoms with van der Waals surface area (Å²) in [6.45, 7) is 2.75. The van der Waals surface area contributed by atoms with Crippen LogP contribution in [-0.4, -0.2) is 38.1 Å². The number of alkyl halides is 4. The number of halogens is 4. The Balaban J connectivity index is 2.40. The van der Waals surface area contributed by atoms with Crippen molar-refractivity contribution in [3.63, 3.8) is 0 Å². The van der Waals surface area contributed by atoms with Gasteiger partial charge >= 0.3 is 17.8 Å². The van der Waals surface area contributed by atoms with Crippen LogP contribution >= 0.6 is 0 Å². The van der Waals surface area contributed by atoms with Gasteiger partial charge in [-0.05, 0) is 26.0 Å². The van der Waals surface area contributed by atoms with Crippen molar-refractivity contribution in [3.05, 3.63) is 29.8 Å². The average Bonchev–Trinajstić information content (AvgIpc) is 2.63. The Morgan fingerprint density at radius 2 is 1.74 bits per heavy atom. The van der Waals surface area contributed by atoms with Gasteiger partial charge in [0.15, 0.2) is 9.84 Å². The summed E-state index contributed by atoms with van der Waals surface area (Å²) in [5, 5.41) is 0. The van der Waals surface area contributed by atoms with Crippen molar-refractivity contribution in [1.29, 1.82) is 0 Å². The summed E-state index contributed by atoms with van der Waals surface area (Å²) in [5.41, 5.74) is -3.57. The Labute approximate surface area is 130 Å². The van der Waals surface area contributed by atoms with Gasteiger partial charge in [0.25, 0.3) is 0 Å². The fourth-order valence-corrected chi connectivity index (χ4v) is 4.18. The molecule has 0 N–H and O–H groups in total. The number of esters is 1. The SMILES string of the molecule is Cc1ccc(S(=O)(=O)CC2C(C)OC(=O)C2(F)C(F)(F)F)cc1. The van der Waals surface area contributed by atoms with Crippen LogP contribution in [0, 0.1) is 12.8 Å². The zero-order chi connectivity index (χ0) is 17.6.